The summed E-state index contributed by atoms with van der Waals surface area (Å²) in [7, 11) is 5.22. The number of carbonyl (C=O) groups excluding carboxylic acids is 2. The van der Waals surface area contributed by atoms with Crippen LogP contribution in [-0.4, -0.2) is 111 Å². The second-order valence-electron chi connectivity index (χ2n) is 7.25. The lowest BCUT2D eigenvalue weighted by Gasteiger charge is -2.37. The maximum Gasteiger partial charge on any atom is 0.241 e. The molecule has 8 nitrogen and oxygen atoms in total. The van der Waals surface area contributed by atoms with E-state index in [2.05, 4.69) is 20.1 Å². The van der Waals surface area contributed by atoms with Crippen molar-refractivity contribution in [3.8, 4) is 0 Å². The van der Waals surface area contributed by atoms with Crippen molar-refractivity contribution in [2.24, 2.45) is 4.99 Å². The summed E-state index contributed by atoms with van der Waals surface area (Å²) in [6.07, 6.45) is 4.75. The van der Waals surface area contributed by atoms with Crippen LogP contribution in [0.2, 0.25) is 0 Å². The first-order valence-corrected chi connectivity index (χ1v) is 9.67. The van der Waals surface area contributed by atoms with E-state index in [1.807, 2.05) is 4.90 Å². The fourth-order valence-electron chi connectivity index (χ4n) is 3.37. The quantitative estimate of drug-likeness (QED) is 0.346. The van der Waals surface area contributed by atoms with Gasteiger partial charge in [0.1, 0.15) is 0 Å². The van der Waals surface area contributed by atoms with E-state index in [0.29, 0.717) is 6.54 Å². The van der Waals surface area contributed by atoms with E-state index in [4.69, 9.17) is 0 Å². The molecule has 2 aliphatic rings. The minimum absolute atomic E-state index is 0. The first kappa shape index (κ1) is 23.9. The number of guanidine groups is 1. The van der Waals surface area contributed by atoms with Gasteiger partial charge in [0.25, 0.3) is 0 Å². The van der Waals surface area contributed by atoms with Crippen molar-refractivity contribution < 1.29 is 9.59 Å². The molecule has 27 heavy (non-hydrogen) atoms. The number of hydrogen-bond donors (Lipinski definition) is 1. The van der Waals surface area contributed by atoms with Gasteiger partial charge < -0.3 is 20.0 Å². The highest BCUT2D eigenvalue weighted by atomic mass is 127. The van der Waals surface area contributed by atoms with Gasteiger partial charge in [-0.15, -0.1) is 24.0 Å². The summed E-state index contributed by atoms with van der Waals surface area (Å²) in [4.78, 5) is 36.5. The van der Waals surface area contributed by atoms with E-state index in [-0.39, 0.29) is 42.3 Å². The molecule has 0 unspecified atom stereocenters. The zero-order chi connectivity index (χ0) is 18.9. The third kappa shape index (κ3) is 7.81. The molecule has 0 aliphatic carbocycles. The summed E-state index contributed by atoms with van der Waals surface area (Å²) >= 11 is 0. The number of hydrogen-bond acceptors (Lipinski definition) is 4. The molecule has 156 valence electrons. The Hall–Kier alpha value is -1.10. The van der Waals surface area contributed by atoms with Crippen LogP contribution in [0.15, 0.2) is 4.99 Å². The van der Waals surface area contributed by atoms with Crippen molar-refractivity contribution in [2.45, 2.75) is 25.7 Å². The minimum Gasteiger partial charge on any atom is -0.347 e. The number of piperazine rings is 1. The Bertz CT molecular complexity index is 498. The fourth-order valence-corrected chi connectivity index (χ4v) is 3.37. The molecule has 0 atom stereocenters. The van der Waals surface area contributed by atoms with Crippen molar-refractivity contribution >= 4 is 41.8 Å². The minimum atomic E-state index is 0. The highest BCUT2D eigenvalue weighted by Gasteiger charge is 2.24. The Labute approximate surface area is 180 Å². The molecule has 0 radical (unpaired) electrons. The van der Waals surface area contributed by atoms with Crippen LogP contribution in [0.3, 0.4) is 0 Å². The maximum atomic E-state index is 12.5. The highest BCUT2D eigenvalue weighted by molar-refractivity contribution is 14.0. The van der Waals surface area contributed by atoms with Crippen LogP contribution < -0.4 is 5.32 Å². The number of rotatable bonds is 4. The van der Waals surface area contributed by atoms with Crippen LogP contribution in [-0.2, 0) is 9.59 Å². The van der Waals surface area contributed by atoms with Gasteiger partial charge in [0.05, 0.1) is 13.1 Å². The summed E-state index contributed by atoms with van der Waals surface area (Å²) in [5.41, 5.74) is 0. The van der Waals surface area contributed by atoms with Gasteiger partial charge in [-0.2, -0.15) is 0 Å². The number of nitrogens with one attached hydrogen (secondary N) is 1. The fraction of sp³-hybridized carbons (Fsp3) is 0.833. The van der Waals surface area contributed by atoms with Gasteiger partial charge in [-0.3, -0.25) is 19.5 Å². The van der Waals surface area contributed by atoms with Crippen molar-refractivity contribution in [2.75, 3.05) is 73.5 Å². The first-order valence-electron chi connectivity index (χ1n) is 9.67. The van der Waals surface area contributed by atoms with Gasteiger partial charge in [0, 0.05) is 60.4 Å². The van der Waals surface area contributed by atoms with Crippen LogP contribution in [0.25, 0.3) is 0 Å². The molecule has 9 heteroatoms. The van der Waals surface area contributed by atoms with Gasteiger partial charge in [-0.25, -0.2) is 0 Å². The SMILES string of the molecule is CN=C(NCC(=O)N(C)C)N1CCN(CC(=O)N2CCCCCC2)CC1.I. The summed E-state index contributed by atoms with van der Waals surface area (Å²) in [6, 6.07) is 0. The molecular weight excluding hydrogens is 459 g/mol. The number of aliphatic imine (C=N–C) groups is 1. The normalized spacial score (nSPS) is 19.1. The Morgan fingerprint density at radius 3 is 2.04 bits per heavy atom. The monoisotopic (exact) mass is 494 g/mol. The van der Waals surface area contributed by atoms with Crippen molar-refractivity contribution in [1.82, 2.24) is 24.9 Å². The molecule has 0 saturated carbocycles. The molecule has 2 aliphatic heterocycles. The predicted octanol–water partition coefficient (Wildman–Crippen LogP) is 0.288. The lowest BCUT2D eigenvalue weighted by atomic mass is 10.2. The molecule has 0 aromatic rings. The molecule has 2 rings (SSSR count). The Morgan fingerprint density at radius 2 is 1.52 bits per heavy atom. The van der Waals surface area contributed by atoms with Crippen molar-refractivity contribution in [1.29, 1.82) is 0 Å². The molecule has 0 aromatic carbocycles. The van der Waals surface area contributed by atoms with E-state index in [1.165, 1.54) is 12.8 Å². The van der Waals surface area contributed by atoms with E-state index in [0.717, 1.165) is 58.1 Å². The van der Waals surface area contributed by atoms with Crippen LogP contribution in [0.1, 0.15) is 25.7 Å². The third-order valence-electron chi connectivity index (χ3n) is 5.10. The standard InChI is InChI=1S/C18H34N6O2.HI/c1-19-18(20-14-16(25)21(2)3)24-12-10-22(11-13-24)15-17(26)23-8-6-4-5-7-9-23;/h4-15H2,1-3H3,(H,19,20);1H. The summed E-state index contributed by atoms with van der Waals surface area (Å²) in [5.74, 6) is 1.03. The van der Waals surface area contributed by atoms with Gasteiger partial charge >= 0.3 is 0 Å². The average molecular weight is 494 g/mol. The Morgan fingerprint density at radius 1 is 0.926 bits per heavy atom. The molecule has 0 bridgehead atoms. The predicted molar refractivity (Wildman–Crippen MR) is 119 cm³/mol. The van der Waals surface area contributed by atoms with Crippen LogP contribution in [0.5, 0.6) is 0 Å². The summed E-state index contributed by atoms with van der Waals surface area (Å²) in [5, 5.41) is 3.13. The Balaban J connectivity index is 0.00000364. The number of likely N-dealkylation sites (tertiary alicyclic amines) is 1. The van der Waals surface area contributed by atoms with Gasteiger partial charge in [-0.05, 0) is 12.8 Å². The highest BCUT2D eigenvalue weighted by Crippen LogP contribution is 2.11. The summed E-state index contributed by atoms with van der Waals surface area (Å²) in [6.45, 7) is 5.87. The van der Waals surface area contributed by atoms with E-state index in [9.17, 15) is 9.59 Å². The lowest BCUT2D eigenvalue weighted by Crippen LogP contribution is -2.55. The van der Waals surface area contributed by atoms with E-state index < -0.39 is 0 Å². The molecule has 2 heterocycles. The molecule has 0 spiro atoms. The molecule has 0 aromatic heterocycles. The van der Waals surface area contributed by atoms with Crippen molar-refractivity contribution in [3.63, 3.8) is 0 Å². The largest absolute Gasteiger partial charge is 0.347 e. The summed E-state index contributed by atoms with van der Waals surface area (Å²) < 4.78 is 0. The molecular formula is C18H35IN6O2. The zero-order valence-electron chi connectivity index (χ0n) is 16.9. The second kappa shape index (κ2) is 12.4. The second-order valence-corrected chi connectivity index (χ2v) is 7.25. The van der Waals surface area contributed by atoms with Crippen LogP contribution >= 0.6 is 24.0 Å². The first-order chi connectivity index (χ1) is 12.5. The number of amides is 2. The smallest absolute Gasteiger partial charge is 0.241 e. The Kier molecular flexibility index (Phi) is 11.0. The van der Waals surface area contributed by atoms with Gasteiger partial charge in [-0.1, -0.05) is 12.8 Å². The third-order valence-corrected chi connectivity index (χ3v) is 5.10. The topological polar surface area (TPSA) is 71.5 Å². The molecule has 2 fully saturated rings. The molecule has 2 saturated heterocycles. The number of carbonyl (C=O) groups is 2. The number of likely N-dealkylation sites (N-methyl/N-ethyl adjacent to an activating group) is 1. The zero-order valence-corrected chi connectivity index (χ0v) is 19.3. The lowest BCUT2D eigenvalue weighted by molar-refractivity contribution is -0.132. The van der Waals surface area contributed by atoms with Gasteiger partial charge in [0.15, 0.2) is 5.96 Å². The maximum absolute atomic E-state index is 12.5. The van der Waals surface area contributed by atoms with E-state index in [1.54, 1.807) is 26.0 Å². The van der Waals surface area contributed by atoms with Crippen LogP contribution in [0, 0.1) is 0 Å². The average Bonchev–Trinajstić information content (AvgIpc) is 2.92. The van der Waals surface area contributed by atoms with E-state index >= 15 is 0 Å². The number of halogens is 1. The van der Waals surface area contributed by atoms with Gasteiger partial charge in [0.2, 0.25) is 11.8 Å². The number of nitrogens with zero attached hydrogens (tertiary/aromatic N) is 5. The van der Waals surface area contributed by atoms with Crippen molar-refractivity contribution in [3.05, 3.63) is 0 Å². The molecule has 1 N–H and O–H groups in total. The van der Waals surface area contributed by atoms with Crippen LogP contribution in [0.4, 0.5) is 0 Å². The molecule has 2 amide bonds.